The van der Waals surface area contributed by atoms with Crippen LogP contribution >= 0.6 is 0 Å². The van der Waals surface area contributed by atoms with Gasteiger partial charge in [0, 0.05) is 24.9 Å². The molecule has 1 aromatic carbocycles. The molecule has 1 saturated heterocycles. The molecular weight excluding hydrogens is 254 g/mol. The zero-order valence-electron chi connectivity index (χ0n) is 11.0. The van der Waals surface area contributed by atoms with Gasteiger partial charge < -0.3 is 4.90 Å². The van der Waals surface area contributed by atoms with Crippen molar-refractivity contribution in [3.63, 3.8) is 0 Å². The minimum Gasteiger partial charge on any atom is -0.350 e. The Hall–Kier alpha value is -2.43. The van der Waals surface area contributed by atoms with E-state index in [9.17, 15) is 10.1 Å². The molecule has 1 aromatic heterocycles. The SMILES string of the molecule is O=[N+]([O-])c1cccc(C2CCCN2c2ccccn2)c1. The van der Waals surface area contributed by atoms with Crippen LogP contribution in [0.5, 0.6) is 0 Å². The van der Waals surface area contributed by atoms with E-state index < -0.39 is 0 Å². The molecule has 1 fully saturated rings. The van der Waals surface area contributed by atoms with Crippen molar-refractivity contribution in [2.75, 3.05) is 11.4 Å². The Labute approximate surface area is 117 Å². The van der Waals surface area contributed by atoms with Crippen molar-refractivity contribution in [1.29, 1.82) is 0 Å². The molecule has 1 unspecified atom stereocenters. The third-order valence-electron chi connectivity index (χ3n) is 3.66. The predicted molar refractivity (Wildman–Crippen MR) is 76.7 cm³/mol. The van der Waals surface area contributed by atoms with Gasteiger partial charge in [-0.05, 0) is 30.5 Å². The second kappa shape index (κ2) is 5.28. The van der Waals surface area contributed by atoms with Crippen LogP contribution in [0, 0.1) is 10.1 Å². The lowest BCUT2D eigenvalue weighted by Crippen LogP contribution is -2.23. The van der Waals surface area contributed by atoms with E-state index in [1.165, 1.54) is 6.07 Å². The van der Waals surface area contributed by atoms with E-state index >= 15 is 0 Å². The van der Waals surface area contributed by atoms with Gasteiger partial charge in [-0.1, -0.05) is 18.2 Å². The van der Waals surface area contributed by atoms with Crippen molar-refractivity contribution in [3.05, 3.63) is 64.3 Å². The zero-order chi connectivity index (χ0) is 13.9. The first-order valence-corrected chi connectivity index (χ1v) is 6.68. The standard InChI is InChI=1S/C15H15N3O2/c19-18(20)13-6-3-5-12(11-13)14-7-4-10-17(14)15-8-1-2-9-16-15/h1-3,5-6,8-9,11,14H,4,7,10H2. The van der Waals surface area contributed by atoms with Crippen molar-refractivity contribution < 1.29 is 4.92 Å². The molecule has 3 rings (SSSR count). The third kappa shape index (κ3) is 2.34. The Balaban J connectivity index is 1.93. The topological polar surface area (TPSA) is 59.3 Å². The number of hydrogen-bond donors (Lipinski definition) is 0. The van der Waals surface area contributed by atoms with Crippen molar-refractivity contribution in [2.24, 2.45) is 0 Å². The Morgan fingerprint density at radius 1 is 1.25 bits per heavy atom. The van der Waals surface area contributed by atoms with Gasteiger partial charge >= 0.3 is 0 Å². The molecule has 2 aromatic rings. The van der Waals surface area contributed by atoms with Gasteiger partial charge in [0.15, 0.2) is 0 Å². The number of anilines is 1. The largest absolute Gasteiger partial charge is 0.350 e. The summed E-state index contributed by atoms with van der Waals surface area (Å²) in [7, 11) is 0. The lowest BCUT2D eigenvalue weighted by atomic mass is 10.0. The fourth-order valence-electron chi connectivity index (χ4n) is 2.76. The first-order chi connectivity index (χ1) is 9.75. The van der Waals surface area contributed by atoms with E-state index in [0.717, 1.165) is 30.8 Å². The molecule has 0 N–H and O–H groups in total. The minimum atomic E-state index is -0.344. The smallest absolute Gasteiger partial charge is 0.269 e. The average Bonchev–Trinajstić information content (AvgIpc) is 2.98. The monoisotopic (exact) mass is 269 g/mol. The number of nitrogens with zero attached hydrogens (tertiary/aromatic N) is 3. The molecule has 1 atom stereocenters. The Kier molecular flexibility index (Phi) is 3.33. The molecule has 0 bridgehead atoms. The number of benzene rings is 1. The van der Waals surface area contributed by atoms with Crippen LogP contribution in [0.2, 0.25) is 0 Å². The minimum absolute atomic E-state index is 0.148. The van der Waals surface area contributed by atoms with Gasteiger partial charge in [-0.15, -0.1) is 0 Å². The van der Waals surface area contributed by atoms with E-state index in [4.69, 9.17) is 0 Å². The molecule has 0 amide bonds. The van der Waals surface area contributed by atoms with Gasteiger partial charge in [0.1, 0.15) is 5.82 Å². The number of aromatic nitrogens is 1. The van der Waals surface area contributed by atoms with Gasteiger partial charge in [0.05, 0.1) is 11.0 Å². The highest BCUT2D eigenvalue weighted by Crippen LogP contribution is 2.35. The molecule has 1 aliphatic heterocycles. The highest BCUT2D eigenvalue weighted by Gasteiger charge is 2.27. The Morgan fingerprint density at radius 2 is 2.15 bits per heavy atom. The summed E-state index contributed by atoms with van der Waals surface area (Å²) in [5.41, 5.74) is 1.14. The predicted octanol–water partition coefficient (Wildman–Crippen LogP) is 3.33. The van der Waals surface area contributed by atoms with E-state index in [1.807, 2.05) is 24.3 Å². The maximum atomic E-state index is 10.9. The maximum absolute atomic E-state index is 10.9. The van der Waals surface area contributed by atoms with E-state index in [0.29, 0.717) is 0 Å². The van der Waals surface area contributed by atoms with Crippen molar-refractivity contribution in [2.45, 2.75) is 18.9 Å². The van der Waals surface area contributed by atoms with Crippen LogP contribution in [-0.4, -0.2) is 16.5 Å². The van der Waals surface area contributed by atoms with Crippen LogP contribution in [-0.2, 0) is 0 Å². The molecule has 0 saturated carbocycles. The van der Waals surface area contributed by atoms with Crippen molar-refractivity contribution in [3.8, 4) is 0 Å². The number of pyridine rings is 1. The van der Waals surface area contributed by atoms with Crippen LogP contribution in [0.25, 0.3) is 0 Å². The van der Waals surface area contributed by atoms with Gasteiger partial charge in [-0.2, -0.15) is 0 Å². The van der Waals surface area contributed by atoms with Gasteiger partial charge in [0.25, 0.3) is 5.69 Å². The van der Waals surface area contributed by atoms with E-state index in [-0.39, 0.29) is 16.7 Å². The first kappa shape index (κ1) is 12.6. The van der Waals surface area contributed by atoms with Crippen LogP contribution < -0.4 is 4.90 Å². The van der Waals surface area contributed by atoms with Crippen molar-refractivity contribution >= 4 is 11.5 Å². The van der Waals surface area contributed by atoms with E-state index in [1.54, 1.807) is 18.3 Å². The molecule has 5 heteroatoms. The lowest BCUT2D eigenvalue weighted by Gasteiger charge is -2.25. The van der Waals surface area contributed by atoms with Crippen LogP contribution in [0.3, 0.4) is 0 Å². The molecule has 20 heavy (non-hydrogen) atoms. The summed E-state index contributed by atoms with van der Waals surface area (Å²) in [6.07, 6.45) is 3.85. The molecule has 0 radical (unpaired) electrons. The fourth-order valence-corrected chi connectivity index (χ4v) is 2.76. The molecular formula is C15H15N3O2. The normalized spacial score (nSPS) is 18.2. The molecule has 5 nitrogen and oxygen atoms in total. The molecule has 0 spiro atoms. The first-order valence-electron chi connectivity index (χ1n) is 6.68. The molecule has 102 valence electrons. The highest BCUT2D eigenvalue weighted by molar-refractivity contribution is 5.46. The summed E-state index contributed by atoms with van der Waals surface area (Å²) in [6.45, 7) is 0.935. The average molecular weight is 269 g/mol. The van der Waals surface area contributed by atoms with E-state index in [2.05, 4.69) is 9.88 Å². The number of nitro groups is 1. The number of non-ortho nitro benzene ring substituents is 1. The zero-order valence-corrected chi connectivity index (χ0v) is 11.0. The number of hydrogen-bond acceptors (Lipinski definition) is 4. The lowest BCUT2D eigenvalue weighted by molar-refractivity contribution is -0.384. The second-order valence-corrected chi connectivity index (χ2v) is 4.89. The quantitative estimate of drug-likeness (QED) is 0.633. The molecule has 0 aliphatic carbocycles. The molecule has 1 aliphatic rings. The second-order valence-electron chi connectivity index (χ2n) is 4.89. The highest BCUT2D eigenvalue weighted by atomic mass is 16.6. The number of rotatable bonds is 3. The van der Waals surface area contributed by atoms with Crippen LogP contribution in [0.4, 0.5) is 11.5 Å². The Morgan fingerprint density at radius 3 is 2.90 bits per heavy atom. The van der Waals surface area contributed by atoms with Crippen molar-refractivity contribution in [1.82, 2.24) is 4.98 Å². The number of nitro benzene ring substituents is 1. The van der Waals surface area contributed by atoms with Gasteiger partial charge in [-0.3, -0.25) is 10.1 Å². The summed E-state index contributed by atoms with van der Waals surface area (Å²) in [5.74, 6) is 0.932. The van der Waals surface area contributed by atoms with Gasteiger partial charge in [-0.25, -0.2) is 4.98 Å². The summed E-state index contributed by atoms with van der Waals surface area (Å²) >= 11 is 0. The van der Waals surface area contributed by atoms with Crippen LogP contribution in [0.1, 0.15) is 24.4 Å². The Bertz CT molecular complexity index is 616. The fraction of sp³-hybridized carbons (Fsp3) is 0.267. The summed E-state index contributed by atoms with van der Waals surface area (Å²) < 4.78 is 0. The summed E-state index contributed by atoms with van der Waals surface area (Å²) in [5, 5.41) is 10.9. The summed E-state index contributed by atoms with van der Waals surface area (Å²) in [4.78, 5) is 17.2. The third-order valence-corrected chi connectivity index (χ3v) is 3.66. The van der Waals surface area contributed by atoms with Gasteiger partial charge in [0.2, 0.25) is 0 Å². The van der Waals surface area contributed by atoms with Crippen LogP contribution in [0.15, 0.2) is 48.7 Å². The summed E-state index contributed by atoms with van der Waals surface area (Å²) in [6, 6.07) is 12.9. The maximum Gasteiger partial charge on any atom is 0.269 e. The molecule has 2 heterocycles.